The molecule has 0 aliphatic carbocycles. The summed E-state index contributed by atoms with van der Waals surface area (Å²) in [6, 6.07) is 9.75. The summed E-state index contributed by atoms with van der Waals surface area (Å²) >= 11 is 5.66. The molecule has 2 rings (SSSR count). The fraction of sp³-hybridized carbons (Fsp3) is 0.300. The van der Waals surface area contributed by atoms with Crippen molar-refractivity contribution in [3.8, 4) is 5.75 Å². The Hall–Kier alpha value is -2.38. The largest absolute Gasteiger partial charge is 0.543 e. The van der Waals surface area contributed by atoms with Crippen molar-refractivity contribution in [3.63, 3.8) is 0 Å². The third kappa shape index (κ3) is 5.56. The van der Waals surface area contributed by atoms with Gasteiger partial charge in [-0.15, -0.1) is 0 Å². The Balaban J connectivity index is 2.05. The Labute approximate surface area is 170 Å². The van der Waals surface area contributed by atoms with Gasteiger partial charge >= 0.3 is 6.03 Å². The van der Waals surface area contributed by atoms with Gasteiger partial charge in [-0.1, -0.05) is 38.4 Å². The Bertz CT molecular complexity index is 897. The minimum atomic E-state index is -2.02. The highest BCUT2D eigenvalue weighted by atomic mass is 35.5. The molecule has 0 bridgehead atoms. The third-order valence-corrected chi connectivity index (χ3v) is 9.27. The number of imide groups is 1. The van der Waals surface area contributed by atoms with Crippen LogP contribution in [0.25, 0.3) is 0 Å². The molecule has 28 heavy (non-hydrogen) atoms. The second-order valence-corrected chi connectivity index (χ2v) is 13.1. The Kier molecular flexibility index (Phi) is 6.51. The SMILES string of the molecule is CC(C)(C)[Si](C)(C)Oc1cccc(NC(=O)NC(=O)c2ccc(Cl)cc2F)c1. The van der Waals surface area contributed by atoms with E-state index in [2.05, 4.69) is 44.5 Å². The lowest BCUT2D eigenvalue weighted by molar-refractivity contribution is 0.0963. The van der Waals surface area contributed by atoms with Gasteiger partial charge in [0.15, 0.2) is 0 Å². The summed E-state index contributed by atoms with van der Waals surface area (Å²) in [6.45, 7) is 10.7. The number of carbonyl (C=O) groups is 2. The number of carbonyl (C=O) groups excluding carboxylic acids is 2. The minimum Gasteiger partial charge on any atom is -0.543 e. The minimum absolute atomic E-state index is 0.0306. The fourth-order valence-corrected chi connectivity index (χ4v) is 3.27. The van der Waals surface area contributed by atoms with E-state index in [9.17, 15) is 14.0 Å². The maximum Gasteiger partial charge on any atom is 0.326 e. The molecule has 0 aliphatic heterocycles. The molecule has 0 aliphatic rings. The highest BCUT2D eigenvalue weighted by molar-refractivity contribution is 6.74. The second-order valence-electron chi connectivity index (χ2n) is 7.92. The van der Waals surface area contributed by atoms with Gasteiger partial charge in [-0.3, -0.25) is 10.1 Å². The van der Waals surface area contributed by atoms with E-state index in [4.69, 9.17) is 16.0 Å². The molecular formula is C20H24ClFN2O3Si. The quantitative estimate of drug-likeness (QED) is 0.609. The maximum atomic E-state index is 13.8. The third-order valence-electron chi connectivity index (χ3n) is 4.67. The second kappa shape index (κ2) is 8.32. The lowest BCUT2D eigenvalue weighted by Gasteiger charge is -2.36. The average molecular weight is 423 g/mol. The summed E-state index contributed by atoms with van der Waals surface area (Å²) in [4.78, 5) is 24.2. The van der Waals surface area contributed by atoms with Crippen molar-refractivity contribution in [2.45, 2.75) is 38.9 Å². The maximum absolute atomic E-state index is 13.8. The molecule has 0 fully saturated rings. The van der Waals surface area contributed by atoms with Gasteiger partial charge in [-0.2, -0.15) is 0 Å². The van der Waals surface area contributed by atoms with Crippen LogP contribution in [0.1, 0.15) is 31.1 Å². The van der Waals surface area contributed by atoms with Crippen molar-refractivity contribution in [2.75, 3.05) is 5.32 Å². The van der Waals surface area contributed by atoms with Crippen LogP contribution in [0.2, 0.25) is 23.2 Å². The predicted octanol–water partition coefficient (Wildman–Crippen LogP) is 5.83. The zero-order valence-electron chi connectivity index (χ0n) is 16.5. The summed E-state index contributed by atoms with van der Waals surface area (Å²) in [5.41, 5.74) is 0.188. The first-order valence-corrected chi connectivity index (χ1v) is 12.0. The zero-order valence-corrected chi connectivity index (χ0v) is 18.3. The topological polar surface area (TPSA) is 67.4 Å². The molecule has 3 amide bonds. The lowest BCUT2D eigenvalue weighted by atomic mass is 10.2. The highest BCUT2D eigenvalue weighted by Crippen LogP contribution is 2.37. The van der Waals surface area contributed by atoms with Gasteiger partial charge < -0.3 is 9.74 Å². The van der Waals surface area contributed by atoms with Crippen molar-refractivity contribution in [1.82, 2.24) is 5.32 Å². The number of anilines is 1. The molecule has 2 aromatic rings. The van der Waals surface area contributed by atoms with E-state index in [0.717, 1.165) is 6.07 Å². The molecule has 0 atom stereocenters. The number of hydrogen-bond acceptors (Lipinski definition) is 3. The van der Waals surface area contributed by atoms with Crippen molar-refractivity contribution in [2.24, 2.45) is 0 Å². The zero-order chi connectivity index (χ0) is 21.1. The van der Waals surface area contributed by atoms with Gasteiger partial charge in [0.25, 0.3) is 5.91 Å². The van der Waals surface area contributed by atoms with E-state index in [1.807, 2.05) is 6.07 Å². The van der Waals surface area contributed by atoms with Gasteiger partial charge in [0.05, 0.1) is 5.56 Å². The number of amides is 3. The lowest BCUT2D eigenvalue weighted by Crippen LogP contribution is -2.43. The Morgan fingerprint density at radius 2 is 1.79 bits per heavy atom. The first kappa shape index (κ1) is 21.9. The summed E-state index contributed by atoms with van der Waals surface area (Å²) in [7, 11) is -2.02. The summed E-state index contributed by atoms with van der Waals surface area (Å²) < 4.78 is 20.0. The van der Waals surface area contributed by atoms with E-state index in [0.29, 0.717) is 11.4 Å². The van der Waals surface area contributed by atoms with E-state index >= 15 is 0 Å². The molecule has 5 nitrogen and oxygen atoms in total. The van der Waals surface area contributed by atoms with Crippen LogP contribution >= 0.6 is 11.6 Å². The average Bonchev–Trinajstić information content (AvgIpc) is 2.53. The van der Waals surface area contributed by atoms with Crippen LogP contribution in [0.3, 0.4) is 0 Å². The van der Waals surface area contributed by atoms with Crippen LogP contribution in [-0.2, 0) is 0 Å². The molecule has 0 saturated carbocycles. The predicted molar refractivity (Wildman–Crippen MR) is 112 cm³/mol. The standard InChI is InChI=1S/C20H24ClFN2O3Si/c1-20(2,3)28(4,5)27-15-8-6-7-14(12-15)23-19(26)24-18(25)16-10-9-13(21)11-17(16)22/h6-12H,1-5H3,(H2,23,24,25,26). The number of halogens is 2. The highest BCUT2D eigenvalue weighted by Gasteiger charge is 2.39. The van der Waals surface area contributed by atoms with E-state index in [1.54, 1.807) is 18.2 Å². The summed E-state index contributed by atoms with van der Waals surface area (Å²) in [6.07, 6.45) is 0. The number of benzene rings is 2. The van der Waals surface area contributed by atoms with Crippen LogP contribution < -0.4 is 15.1 Å². The Morgan fingerprint density at radius 3 is 2.39 bits per heavy atom. The van der Waals surface area contributed by atoms with Crippen molar-refractivity contribution >= 4 is 37.5 Å². The van der Waals surface area contributed by atoms with Crippen LogP contribution in [-0.4, -0.2) is 20.3 Å². The number of urea groups is 1. The monoisotopic (exact) mass is 422 g/mol. The molecule has 2 aromatic carbocycles. The molecule has 0 heterocycles. The van der Waals surface area contributed by atoms with Gasteiger partial charge in [0, 0.05) is 16.8 Å². The van der Waals surface area contributed by atoms with E-state index in [1.165, 1.54) is 12.1 Å². The number of nitrogens with one attached hydrogen (secondary N) is 2. The number of hydrogen-bond donors (Lipinski definition) is 2. The smallest absolute Gasteiger partial charge is 0.326 e. The van der Waals surface area contributed by atoms with Gasteiger partial charge in [0.2, 0.25) is 8.32 Å². The van der Waals surface area contributed by atoms with E-state index < -0.39 is 26.1 Å². The summed E-state index contributed by atoms with van der Waals surface area (Å²) in [5, 5.41) is 4.84. The van der Waals surface area contributed by atoms with Crippen LogP contribution in [0.5, 0.6) is 5.75 Å². The molecule has 150 valence electrons. The van der Waals surface area contributed by atoms with Crippen molar-refractivity contribution in [3.05, 3.63) is 58.9 Å². The van der Waals surface area contributed by atoms with Gasteiger partial charge in [-0.25, -0.2) is 9.18 Å². The first-order valence-electron chi connectivity index (χ1n) is 8.75. The Morgan fingerprint density at radius 1 is 1.11 bits per heavy atom. The van der Waals surface area contributed by atoms with Crippen LogP contribution in [0, 0.1) is 5.82 Å². The molecule has 2 N–H and O–H groups in total. The van der Waals surface area contributed by atoms with Crippen LogP contribution in [0.15, 0.2) is 42.5 Å². The molecule has 0 unspecified atom stereocenters. The molecule has 0 saturated heterocycles. The van der Waals surface area contributed by atoms with Gasteiger partial charge in [0.1, 0.15) is 11.6 Å². The molecule has 0 radical (unpaired) electrons. The fourth-order valence-electron chi connectivity index (χ4n) is 2.09. The van der Waals surface area contributed by atoms with Crippen molar-refractivity contribution in [1.29, 1.82) is 0 Å². The molecule has 0 aromatic heterocycles. The molecule has 8 heteroatoms. The van der Waals surface area contributed by atoms with Crippen LogP contribution in [0.4, 0.5) is 14.9 Å². The number of rotatable bonds is 4. The normalized spacial score (nSPS) is 11.7. The van der Waals surface area contributed by atoms with Gasteiger partial charge in [-0.05, 0) is 48.5 Å². The summed E-state index contributed by atoms with van der Waals surface area (Å²) in [5.74, 6) is -1.03. The van der Waals surface area contributed by atoms with E-state index in [-0.39, 0.29) is 15.6 Å². The first-order chi connectivity index (χ1) is 12.9. The van der Waals surface area contributed by atoms with Crippen molar-refractivity contribution < 1.29 is 18.4 Å². The molecule has 0 spiro atoms. The molecular weight excluding hydrogens is 399 g/mol.